The second-order valence-corrected chi connectivity index (χ2v) is 7.42. The number of nitrogens with zero attached hydrogens (tertiary/aromatic N) is 1. The highest BCUT2D eigenvalue weighted by Gasteiger charge is 2.23. The van der Waals surface area contributed by atoms with Crippen molar-refractivity contribution >= 4 is 21.6 Å². The monoisotopic (exact) mass is 319 g/mol. The van der Waals surface area contributed by atoms with Gasteiger partial charge < -0.3 is 4.74 Å². The largest absolute Gasteiger partial charge is 0.492 e. The van der Waals surface area contributed by atoms with E-state index in [2.05, 4.69) is 6.92 Å². The number of halogens is 1. The molecule has 0 aliphatic heterocycles. The minimum atomic E-state index is -3.57. The molecule has 114 valence electrons. The van der Waals surface area contributed by atoms with E-state index in [0.717, 1.165) is 29.1 Å². The van der Waals surface area contributed by atoms with E-state index in [1.54, 1.807) is 6.07 Å². The Morgan fingerprint density at radius 1 is 1.25 bits per heavy atom. The summed E-state index contributed by atoms with van der Waals surface area (Å²) in [7, 11) is -0.586. The first-order valence-corrected chi connectivity index (χ1v) is 8.48. The Hall–Kier alpha value is -0.780. The Bertz CT molecular complexity index is 556. The van der Waals surface area contributed by atoms with Gasteiger partial charge in [-0.25, -0.2) is 12.7 Å². The molecule has 0 saturated carbocycles. The minimum absolute atomic E-state index is 0.120. The molecule has 0 fully saturated rings. The zero-order chi connectivity index (χ0) is 15.3. The molecule has 0 N–H and O–H groups in total. The summed E-state index contributed by atoms with van der Waals surface area (Å²) in [5.41, 5.74) is 0.801. The summed E-state index contributed by atoms with van der Waals surface area (Å²) in [6.07, 6.45) is 3.05. The molecule has 0 aliphatic carbocycles. The highest BCUT2D eigenvalue weighted by molar-refractivity contribution is 7.89. The number of unbranched alkanes of at least 4 members (excludes halogenated alkanes) is 2. The average molecular weight is 320 g/mol. The second-order valence-electron chi connectivity index (χ2n) is 4.89. The van der Waals surface area contributed by atoms with Crippen LogP contribution in [0.2, 0.25) is 5.02 Å². The van der Waals surface area contributed by atoms with Crippen molar-refractivity contribution in [3.63, 3.8) is 0 Å². The molecule has 1 aromatic rings. The van der Waals surface area contributed by atoms with Gasteiger partial charge in [-0.2, -0.15) is 0 Å². The van der Waals surface area contributed by atoms with Crippen LogP contribution in [0.3, 0.4) is 0 Å². The third kappa shape index (κ3) is 4.11. The molecule has 0 heterocycles. The lowest BCUT2D eigenvalue weighted by atomic mass is 10.2. The van der Waals surface area contributed by atoms with E-state index in [4.69, 9.17) is 16.3 Å². The zero-order valence-corrected chi connectivity index (χ0v) is 14.0. The number of ether oxygens (including phenoxy) is 1. The van der Waals surface area contributed by atoms with Crippen molar-refractivity contribution < 1.29 is 13.2 Å². The van der Waals surface area contributed by atoms with Gasteiger partial charge >= 0.3 is 0 Å². The van der Waals surface area contributed by atoms with E-state index in [1.807, 2.05) is 6.92 Å². The van der Waals surface area contributed by atoms with Gasteiger partial charge in [0.05, 0.1) is 6.61 Å². The Balaban J connectivity index is 3.12. The fourth-order valence-corrected chi connectivity index (χ4v) is 2.94. The lowest BCUT2D eigenvalue weighted by Gasteiger charge is -2.17. The van der Waals surface area contributed by atoms with Crippen molar-refractivity contribution in [1.29, 1.82) is 0 Å². The Morgan fingerprint density at radius 3 is 2.45 bits per heavy atom. The van der Waals surface area contributed by atoms with Crippen LogP contribution in [0.15, 0.2) is 17.0 Å². The van der Waals surface area contributed by atoms with Gasteiger partial charge in [0, 0.05) is 19.1 Å². The summed E-state index contributed by atoms with van der Waals surface area (Å²) in [4.78, 5) is 0.120. The van der Waals surface area contributed by atoms with Crippen LogP contribution in [0.4, 0.5) is 0 Å². The number of hydrogen-bond acceptors (Lipinski definition) is 3. The van der Waals surface area contributed by atoms with Gasteiger partial charge in [0.25, 0.3) is 0 Å². The fraction of sp³-hybridized carbons (Fsp3) is 0.571. The molecule has 1 aromatic carbocycles. The number of hydrogen-bond donors (Lipinski definition) is 0. The first-order chi connectivity index (χ1) is 9.30. The normalized spacial score (nSPS) is 11.9. The van der Waals surface area contributed by atoms with Crippen molar-refractivity contribution in [3.8, 4) is 5.75 Å². The molecular formula is C14H22ClNO3S. The lowest BCUT2D eigenvalue weighted by Crippen LogP contribution is -2.23. The van der Waals surface area contributed by atoms with Crippen molar-refractivity contribution in [2.45, 2.75) is 38.0 Å². The third-order valence-electron chi connectivity index (χ3n) is 2.99. The van der Waals surface area contributed by atoms with Crippen LogP contribution in [0.1, 0.15) is 31.7 Å². The van der Waals surface area contributed by atoms with Gasteiger partial charge in [-0.1, -0.05) is 31.4 Å². The van der Waals surface area contributed by atoms with Gasteiger partial charge in [0.15, 0.2) is 0 Å². The van der Waals surface area contributed by atoms with Gasteiger partial charge in [0.1, 0.15) is 10.6 Å². The van der Waals surface area contributed by atoms with E-state index in [0.29, 0.717) is 17.4 Å². The quantitative estimate of drug-likeness (QED) is 0.723. The maximum absolute atomic E-state index is 12.3. The number of sulfonamides is 1. The summed E-state index contributed by atoms with van der Waals surface area (Å²) in [6, 6.07) is 3.14. The summed E-state index contributed by atoms with van der Waals surface area (Å²) < 4.78 is 31.4. The van der Waals surface area contributed by atoms with E-state index < -0.39 is 10.0 Å². The van der Waals surface area contributed by atoms with Crippen LogP contribution in [0.5, 0.6) is 5.75 Å². The molecule has 0 bridgehead atoms. The Labute approximate surface area is 126 Å². The first-order valence-electron chi connectivity index (χ1n) is 6.66. The van der Waals surface area contributed by atoms with E-state index in [-0.39, 0.29) is 4.90 Å². The molecule has 20 heavy (non-hydrogen) atoms. The second kappa shape index (κ2) is 7.29. The molecule has 0 radical (unpaired) electrons. The predicted octanol–water partition coefficient (Wildman–Crippen LogP) is 3.47. The number of aryl methyl sites for hydroxylation is 1. The van der Waals surface area contributed by atoms with Crippen molar-refractivity contribution in [1.82, 2.24) is 4.31 Å². The Morgan fingerprint density at radius 2 is 1.90 bits per heavy atom. The van der Waals surface area contributed by atoms with Gasteiger partial charge in [-0.3, -0.25) is 0 Å². The molecule has 0 aliphatic rings. The van der Waals surface area contributed by atoms with Gasteiger partial charge in [-0.05, 0) is 31.0 Å². The van der Waals surface area contributed by atoms with Gasteiger partial charge in [-0.15, -0.1) is 0 Å². The predicted molar refractivity (Wildman–Crippen MR) is 82.1 cm³/mol. The van der Waals surface area contributed by atoms with Crippen LogP contribution < -0.4 is 4.74 Å². The summed E-state index contributed by atoms with van der Waals surface area (Å²) in [5.74, 6) is 0.372. The minimum Gasteiger partial charge on any atom is -0.492 e. The topological polar surface area (TPSA) is 46.6 Å². The smallest absolute Gasteiger partial charge is 0.246 e. The van der Waals surface area contributed by atoms with E-state index >= 15 is 0 Å². The highest BCUT2D eigenvalue weighted by atomic mass is 35.5. The molecule has 1 rings (SSSR count). The maximum Gasteiger partial charge on any atom is 0.246 e. The summed E-state index contributed by atoms with van der Waals surface area (Å²) in [6.45, 7) is 4.44. The van der Waals surface area contributed by atoms with Crippen molar-refractivity contribution in [3.05, 3.63) is 22.7 Å². The van der Waals surface area contributed by atoms with E-state index in [1.165, 1.54) is 20.2 Å². The summed E-state index contributed by atoms with van der Waals surface area (Å²) >= 11 is 6.04. The SMILES string of the molecule is CCCCCOc1cc(C)c(Cl)cc1S(=O)(=O)N(C)C. The molecule has 4 nitrogen and oxygen atoms in total. The van der Waals surface area contributed by atoms with Crippen molar-refractivity contribution in [2.75, 3.05) is 20.7 Å². The van der Waals surface area contributed by atoms with Crippen LogP contribution in [0.25, 0.3) is 0 Å². The molecule has 0 spiro atoms. The first kappa shape index (κ1) is 17.3. The molecule has 0 unspecified atom stereocenters. The van der Waals surface area contributed by atoms with E-state index in [9.17, 15) is 8.42 Å². The van der Waals surface area contributed by atoms with Crippen LogP contribution in [0, 0.1) is 6.92 Å². The Kier molecular flexibility index (Phi) is 6.30. The highest BCUT2D eigenvalue weighted by Crippen LogP contribution is 2.31. The maximum atomic E-state index is 12.3. The van der Waals surface area contributed by atoms with Crippen LogP contribution >= 0.6 is 11.6 Å². The molecular weight excluding hydrogens is 298 g/mol. The lowest BCUT2D eigenvalue weighted by molar-refractivity contribution is 0.298. The molecule has 0 atom stereocenters. The van der Waals surface area contributed by atoms with Gasteiger partial charge in [0.2, 0.25) is 10.0 Å². The average Bonchev–Trinajstić information content (AvgIpc) is 2.38. The molecule has 0 saturated heterocycles. The van der Waals surface area contributed by atoms with Crippen molar-refractivity contribution in [2.24, 2.45) is 0 Å². The number of benzene rings is 1. The standard InChI is InChI=1S/C14H22ClNO3S/c1-5-6-7-8-19-13-9-11(2)12(15)10-14(13)20(17,18)16(3)4/h9-10H,5-8H2,1-4H3. The van der Waals surface area contributed by atoms with Crippen LogP contribution in [-0.4, -0.2) is 33.4 Å². The summed E-state index contributed by atoms with van der Waals surface area (Å²) in [5, 5.41) is 0.423. The zero-order valence-electron chi connectivity index (χ0n) is 12.4. The number of rotatable bonds is 7. The fourth-order valence-electron chi connectivity index (χ4n) is 1.68. The molecule has 0 amide bonds. The molecule has 6 heteroatoms. The van der Waals surface area contributed by atoms with Crippen LogP contribution in [-0.2, 0) is 10.0 Å². The molecule has 0 aromatic heterocycles. The third-order valence-corrected chi connectivity index (χ3v) is 5.23.